The minimum Gasteiger partial charge on any atom is -0.508 e. The van der Waals surface area contributed by atoms with Crippen LogP contribution in [0.1, 0.15) is 45.2 Å². The number of nitrogens with one attached hydrogen (secondary N) is 1. The van der Waals surface area contributed by atoms with Crippen LogP contribution >= 0.6 is 0 Å². The van der Waals surface area contributed by atoms with E-state index in [-0.39, 0.29) is 11.7 Å². The first kappa shape index (κ1) is 16.8. The number of aliphatic hydroxyl groups excluding tert-OH is 1. The molecule has 0 atom stereocenters. The van der Waals surface area contributed by atoms with E-state index in [0.29, 0.717) is 29.0 Å². The first-order valence-corrected chi connectivity index (χ1v) is 8.19. The van der Waals surface area contributed by atoms with Gasteiger partial charge in [-0.25, -0.2) is 4.79 Å². The largest absolute Gasteiger partial charge is 0.508 e. The van der Waals surface area contributed by atoms with E-state index >= 15 is 0 Å². The van der Waals surface area contributed by atoms with Crippen LogP contribution in [0.4, 0.5) is 5.69 Å². The van der Waals surface area contributed by atoms with Crippen LogP contribution in [0.2, 0.25) is 0 Å². The van der Waals surface area contributed by atoms with Crippen molar-refractivity contribution in [3.05, 3.63) is 70.8 Å². The Labute approximate surface area is 145 Å². The lowest BCUT2D eigenvalue weighted by molar-refractivity contribution is 0.0526. The van der Waals surface area contributed by atoms with Crippen molar-refractivity contribution >= 4 is 23.3 Å². The molecule has 1 aliphatic rings. The molecule has 25 heavy (non-hydrogen) atoms. The number of esters is 1. The number of carbonyl (C=O) groups is 2. The van der Waals surface area contributed by atoms with Gasteiger partial charge < -0.3 is 15.2 Å². The molecular formula is C20H19NO4. The van der Waals surface area contributed by atoms with E-state index in [0.717, 1.165) is 18.4 Å². The molecule has 0 fully saturated rings. The van der Waals surface area contributed by atoms with E-state index in [1.165, 1.54) is 0 Å². The maximum atomic E-state index is 12.4. The zero-order valence-corrected chi connectivity index (χ0v) is 13.9. The van der Waals surface area contributed by atoms with Crippen molar-refractivity contribution in [3.63, 3.8) is 0 Å². The molecule has 5 heteroatoms. The molecule has 5 nitrogen and oxygen atoms in total. The Morgan fingerprint density at radius 2 is 1.84 bits per heavy atom. The summed E-state index contributed by atoms with van der Waals surface area (Å²) in [6.07, 6.45) is 3.42. The molecule has 0 saturated heterocycles. The molecule has 0 unspecified atom stereocenters. The van der Waals surface area contributed by atoms with Crippen LogP contribution in [0, 0.1) is 0 Å². The molecule has 3 rings (SSSR count). The van der Waals surface area contributed by atoms with Crippen LogP contribution in [0.3, 0.4) is 0 Å². The lowest BCUT2D eigenvalue weighted by Gasteiger charge is -2.15. The number of aliphatic hydroxyl groups is 1. The average Bonchev–Trinajstić information content (AvgIpc) is 2.62. The number of amides is 1. The standard InChI is InChI=1S/C20H19NO4/c1-2-25-20(24)14-8-10-16(11-9-14)21-19(23)15-7-6-13-4-3-5-18(22)17(13)12-15/h5-12,22H,2-4H2,1H3,(H,21,23). The number of benzene rings is 2. The Kier molecular flexibility index (Phi) is 4.84. The molecule has 2 aromatic carbocycles. The van der Waals surface area contributed by atoms with Crippen molar-refractivity contribution in [1.29, 1.82) is 0 Å². The summed E-state index contributed by atoms with van der Waals surface area (Å²) in [6.45, 7) is 2.06. The Balaban J connectivity index is 1.74. The molecule has 0 saturated carbocycles. The second-order valence-corrected chi connectivity index (χ2v) is 5.75. The summed E-state index contributed by atoms with van der Waals surface area (Å²) in [6, 6.07) is 11.8. The topological polar surface area (TPSA) is 75.6 Å². The minimum atomic E-state index is -0.391. The maximum Gasteiger partial charge on any atom is 0.338 e. The summed E-state index contributed by atoms with van der Waals surface area (Å²) in [5, 5.41) is 12.8. The summed E-state index contributed by atoms with van der Waals surface area (Å²) >= 11 is 0. The highest BCUT2D eigenvalue weighted by Crippen LogP contribution is 2.26. The molecule has 128 valence electrons. The van der Waals surface area contributed by atoms with Gasteiger partial charge >= 0.3 is 5.97 Å². The highest BCUT2D eigenvalue weighted by atomic mass is 16.5. The number of anilines is 1. The van der Waals surface area contributed by atoms with Gasteiger partial charge in [-0.2, -0.15) is 0 Å². The fourth-order valence-corrected chi connectivity index (χ4v) is 2.76. The van der Waals surface area contributed by atoms with Crippen LogP contribution in [0.25, 0.3) is 5.76 Å². The Morgan fingerprint density at radius 3 is 2.56 bits per heavy atom. The van der Waals surface area contributed by atoms with Crippen LogP contribution in [0.5, 0.6) is 0 Å². The predicted molar refractivity (Wildman–Crippen MR) is 95.7 cm³/mol. The van der Waals surface area contributed by atoms with Gasteiger partial charge in [0.2, 0.25) is 0 Å². The monoisotopic (exact) mass is 337 g/mol. The van der Waals surface area contributed by atoms with Crippen LogP contribution < -0.4 is 5.32 Å². The van der Waals surface area contributed by atoms with Crippen molar-refractivity contribution in [2.75, 3.05) is 11.9 Å². The smallest absolute Gasteiger partial charge is 0.338 e. The maximum absolute atomic E-state index is 12.4. The summed E-state index contributed by atoms with van der Waals surface area (Å²) in [4.78, 5) is 24.1. The molecule has 0 spiro atoms. The summed E-state index contributed by atoms with van der Waals surface area (Å²) in [5.74, 6) is -0.447. The van der Waals surface area contributed by atoms with Crippen molar-refractivity contribution in [1.82, 2.24) is 0 Å². The van der Waals surface area contributed by atoms with Crippen molar-refractivity contribution < 1.29 is 19.4 Å². The molecule has 0 heterocycles. The van der Waals surface area contributed by atoms with Gasteiger partial charge in [0.05, 0.1) is 12.2 Å². The van der Waals surface area contributed by atoms with Gasteiger partial charge in [0.15, 0.2) is 0 Å². The molecule has 0 aliphatic heterocycles. The van der Waals surface area contributed by atoms with E-state index in [1.54, 1.807) is 49.4 Å². The molecule has 1 amide bonds. The SMILES string of the molecule is CCOC(=O)c1ccc(NC(=O)c2ccc3c(c2)C(O)=CCC3)cc1. The number of allylic oxidation sites excluding steroid dienone is 1. The van der Waals surface area contributed by atoms with Gasteiger partial charge in [-0.3, -0.25) is 4.79 Å². The number of ether oxygens (including phenoxy) is 1. The number of hydrogen-bond donors (Lipinski definition) is 2. The molecule has 0 bridgehead atoms. The second-order valence-electron chi connectivity index (χ2n) is 5.75. The van der Waals surface area contributed by atoms with Crippen LogP contribution in [-0.4, -0.2) is 23.6 Å². The number of fused-ring (bicyclic) bond motifs is 1. The first-order valence-electron chi connectivity index (χ1n) is 8.19. The quantitative estimate of drug-likeness (QED) is 0.828. The Hall–Kier alpha value is -3.08. The highest BCUT2D eigenvalue weighted by molar-refractivity contribution is 6.05. The Bertz CT molecular complexity index is 837. The normalized spacial score (nSPS) is 12.8. The highest BCUT2D eigenvalue weighted by Gasteiger charge is 2.15. The van der Waals surface area contributed by atoms with E-state index < -0.39 is 5.97 Å². The average molecular weight is 337 g/mol. The Morgan fingerprint density at radius 1 is 1.12 bits per heavy atom. The number of rotatable bonds is 4. The summed E-state index contributed by atoms with van der Waals surface area (Å²) in [5.41, 5.74) is 3.22. The first-order chi connectivity index (χ1) is 12.1. The minimum absolute atomic E-state index is 0.217. The second kappa shape index (κ2) is 7.21. The molecule has 1 aliphatic carbocycles. The molecule has 2 aromatic rings. The fraction of sp³-hybridized carbons (Fsp3) is 0.200. The molecule has 0 radical (unpaired) electrons. The van der Waals surface area contributed by atoms with Gasteiger partial charge in [0.1, 0.15) is 5.76 Å². The fourth-order valence-electron chi connectivity index (χ4n) is 2.76. The summed E-state index contributed by atoms with van der Waals surface area (Å²) < 4.78 is 4.93. The number of aryl methyl sites for hydroxylation is 1. The van der Waals surface area contributed by atoms with E-state index in [4.69, 9.17) is 4.74 Å². The third-order valence-electron chi connectivity index (χ3n) is 4.05. The van der Waals surface area contributed by atoms with Gasteiger partial charge in [-0.1, -0.05) is 6.07 Å². The lowest BCUT2D eigenvalue weighted by atomic mass is 9.94. The van der Waals surface area contributed by atoms with Gasteiger partial charge in [0, 0.05) is 16.8 Å². The predicted octanol–water partition coefficient (Wildman–Crippen LogP) is 3.96. The van der Waals surface area contributed by atoms with Crippen LogP contribution in [-0.2, 0) is 11.2 Å². The number of hydrogen-bond acceptors (Lipinski definition) is 4. The zero-order valence-electron chi connectivity index (χ0n) is 13.9. The third-order valence-corrected chi connectivity index (χ3v) is 4.05. The van der Waals surface area contributed by atoms with Crippen molar-refractivity contribution in [3.8, 4) is 0 Å². The van der Waals surface area contributed by atoms with Crippen LogP contribution in [0.15, 0.2) is 48.5 Å². The zero-order chi connectivity index (χ0) is 17.8. The lowest BCUT2D eigenvalue weighted by Crippen LogP contribution is -2.13. The van der Waals surface area contributed by atoms with E-state index in [1.807, 2.05) is 6.07 Å². The number of carbonyl (C=O) groups excluding carboxylic acids is 2. The molecule has 2 N–H and O–H groups in total. The molecular weight excluding hydrogens is 318 g/mol. The van der Waals surface area contributed by atoms with Gasteiger partial charge in [-0.05, 0) is 67.8 Å². The summed E-state index contributed by atoms with van der Waals surface area (Å²) in [7, 11) is 0. The van der Waals surface area contributed by atoms with Gasteiger partial charge in [0.25, 0.3) is 5.91 Å². The van der Waals surface area contributed by atoms with E-state index in [9.17, 15) is 14.7 Å². The van der Waals surface area contributed by atoms with Gasteiger partial charge in [-0.15, -0.1) is 0 Å². The third kappa shape index (κ3) is 3.71. The van der Waals surface area contributed by atoms with Crippen molar-refractivity contribution in [2.45, 2.75) is 19.8 Å². The van der Waals surface area contributed by atoms with Crippen molar-refractivity contribution in [2.24, 2.45) is 0 Å². The van der Waals surface area contributed by atoms with E-state index in [2.05, 4.69) is 5.32 Å². The molecule has 0 aromatic heterocycles.